The van der Waals surface area contributed by atoms with Gasteiger partial charge in [-0.25, -0.2) is 14.6 Å². The van der Waals surface area contributed by atoms with Crippen LogP contribution in [0.25, 0.3) is 5.52 Å². The highest BCUT2D eigenvalue weighted by Gasteiger charge is 2.28. The minimum Gasteiger partial charge on any atom is -0.477 e. The molecule has 0 radical (unpaired) electrons. The molecule has 20 heavy (non-hydrogen) atoms. The molecule has 0 aliphatic carbocycles. The van der Waals surface area contributed by atoms with Gasteiger partial charge in [0.15, 0.2) is 5.69 Å². The van der Waals surface area contributed by atoms with Crippen molar-refractivity contribution in [2.45, 2.75) is 12.3 Å². The number of nitrogens with zero attached hydrogens (tertiary/aromatic N) is 2. The van der Waals surface area contributed by atoms with Crippen LogP contribution in [-0.4, -0.2) is 44.8 Å². The van der Waals surface area contributed by atoms with E-state index in [1.807, 2.05) is 0 Å². The molecule has 1 unspecified atom stereocenters. The van der Waals surface area contributed by atoms with Gasteiger partial charge < -0.3 is 14.9 Å². The lowest BCUT2D eigenvalue weighted by Crippen LogP contribution is -2.11. The van der Waals surface area contributed by atoms with Crippen molar-refractivity contribution in [2.75, 3.05) is 13.2 Å². The minimum atomic E-state index is -1.17. The summed E-state index contributed by atoms with van der Waals surface area (Å²) in [7, 11) is 0. The summed E-state index contributed by atoms with van der Waals surface area (Å²) in [4.78, 5) is 26.7. The van der Waals surface area contributed by atoms with E-state index in [-0.39, 0.29) is 17.3 Å². The molecule has 0 amide bonds. The van der Waals surface area contributed by atoms with Gasteiger partial charge in [-0.1, -0.05) is 6.07 Å². The smallest absolute Gasteiger partial charge is 0.356 e. The van der Waals surface area contributed by atoms with Gasteiger partial charge in [0.25, 0.3) is 0 Å². The van der Waals surface area contributed by atoms with Crippen molar-refractivity contribution < 1.29 is 24.5 Å². The zero-order chi connectivity index (χ0) is 14.3. The van der Waals surface area contributed by atoms with Crippen LogP contribution in [-0.2, 0) is 4.74 Å². The lowest BCUT2D eigenvalue weighted by atomic mass is 10.1. The van der Waals surface area contributed by atoms with Crippen LogP contribution in [0.15, 0.2) is 18.2 Å². The Morgan fingerprint density at radius 3 is 2.70 bits per heavy atom. The van der Waals surface area contributed by atoms with Crippen LogP contribution in [0.2, 0.25) is 0 Å². The molecule has 1 atom stereocenters. The van der Waals surface area contributed by atoms with Gasteiger partial charge in [0.2, 0.25) is 0 Å². The molecule has 2 N–H and O–H groups in total. The van der Waals surface area contributed by atoms with Gasteiger partial charge in [0.1, 0.15) is 11.5 Å². The Morgan fingerprint density at radius 2 is 2.10 bits per heavy atom. The zero-order valence-corrected chi connectivity index (χ0v) is 10.4. The molecule has 0 bridgehead atoms. The summed E-state index contributed by atoms with van der Waals surface area (Å²) in [6, 6.07) is 4.51. The number of imidazole rings is 1. The lowest BCUT2D eigenvalue weighted by molar-refractivity contribution is 0.0678. The van der Waals surface area contributed by atoms with Crippen LogP contribution in [0.4, 0.5) is 0 Å². The maximum atomic E-state index is 11.3. The van der Waals surface area contributed by atoms with Crippen molar-refractivity contribution in [1.29, 1.82) is 0 Å². The normalized spacial score (nSPS) is 18.5. The summed E-state index contributed by atoms with van der Waals surface area (Å²) in [5.41, 5.74) is 0.165. The fraction of sp³-hybridized carbons (Fsp3) is 0.308. The molecule has 7 heteroatoms. The summed E-state index contributed by atoms with van der Waals surface area (Å²) >= 11 is 0. The van der Waals surface area contributed by atoms with E-state index in [0.717, 1.165) is 0 Å². The molecular formula is C13H12N2O5. The van der Waals surface area contributed by atoms with Gasteiger partial charge in [0, 0.05) is 12.5 Å². The zero-order valence-electron chi connectivity index (χ0n) is 10.4. The Bertz CT molecular complexity index is 700. The molecule has 1 aliphatic rings. The highest BCUT2D eigenvalue weighted by Crippen LogP contribution is 2.28. The number of pyridine rings is 1. The summed E-state index contributed by atoms with van der Waals surface area (Å²) < 4.78 is 6.69. The summed E-state index contributed by atoms with van der Waals surface area (Å²) in [6.07, 6.45) is 0.701. The minimum absolute atomic E-state index is 0.00407. The molecule has 2 aromatic heterocycles. The number of carbonyl (C=O) groups is 2. The molecule has 104 valence electrons. The summed E-state index contributed by atoms with van der Waals surface area (Å²) in [6.45, 7) is 0.989. The first kappa shape index (κ1) is 12.6. The standard InChI is InChI=1S/C13H12N2O5/c16-12(17)9-3-1-2-8-10(13(18)19)14-11(15(8)9)7-4-5-20-6-7/h1-3,7H,4-6H2,(H,16,17)(H,18,19). The second kappa shape index (κ2) is 4.61. The van der Waals surface area contributed by atoms with Gasteiger partial charge in [-0.3, -0.25) is 4.40 Å². The lowest BCUT2D eigenvalue weighted by Gasteiger charge is -2.09. The Balaban J connectivity index is 2.32. The Kier molecular flexibility index (Phi) is 2.90. The van der Waals surface area contributed by atoms with E-state index in [2.05, 4.69) is 4.98 Å². The van der Waals surface area contributed by atoms with Crippen molar-refractivity contribution in [3.63, 3.8) is 0 Å². The fourth-order valence-corrected chi connectivity index (χ4v) is 2.50. The third-order valence-corrected chi connectivity index (χ3v) is 3.40. The number of rotatable bonds is 3. The predicted molar refractivity (Wildman–Crippen MR) is 67.3 cm³/mol. The third-order valence-electron chi connectivity index (χ3n) is 3.40. The van der Waals surface area contributed by atoms with Crippen molar-refractivity contribution in [2.24, 2.45) is 0 Å². The molecule has 0 spiro atoms. The van der Waals surface area contributed by atoms with E-state index in [4.69, 9.17) is 4.74 Å². The molecular weight excluding hydrogens is 264 g/mol. The van der Waals surface area contributed by atoms with Crippen LogP contribution in [0, 0.1) is 0 Å². The largest absolute Gasteiger partial charge is 0.477 e. The number of hydrogen-bond donors (Lipinski definition) is 2. The first-order valence-corrected chi connectivity index (χ1v) is 6.15. The first-order valence-electron chi connectivity index (χ1n) is 6.15. The molecule has 1 fully saturated rings. The Hall–Kier alpha value is -2.41. The second-order valence-electron chi connectivity index (χ2n) is 4.62. The van der Waals surface area contributed by atoms with Gasteiger partial charge in [-0.05, 0) is 18.6 Å². The van der Waals surface area contributed by atoms with Gasteiger partial charge in [-0.15, -0.1) is 0 Å². The number of carboxylic acid groups (broad SMARTS) is 2. The van der Waals surface area contributed by atoms with E-state index in [1.165, 1.54) is 16.5 Å². The first-order chi connectivity index (χ1) is 9.59. The van der Waals surface area contributed by atoms with Crippen molar-refractivity contribution in [3.8, 4) is 0 Å². The number of aromatic nitrogens is 2. The Labute approximate surface area is 113 Å². The molecule has 7 nitrogen and oxygen atoms in total. The topological polar surface area (TPSA) is 101 Å². The highest BCUT2D eigenvalue weighted by atomic mass is 16.5. The van der Waals surface area contributed by atoms with E-state index in [1.54, 1.807) is 6.07 Å². The molecule has 3 rings (SSSR count). The van der Waals surface area contributed by atoms with Crippen molar-refractivity contribution >= 4 is 17.5 Å². The van der Waals surface area contributed by atoms with Crippen LogP contribution in [0.5, 0.6) is 0 Å². The van der Waals surface area contributed by atoms with Crippen molar-refractivity contribution in [1.82, 2.24) is 9.38 Å². The maximum absolute atomic E-state index is 11.3. The quantitative estimate of drug-likeness (QED) is 0.874. The summed E-state index contributed by atoms with van der Waals surface area (Å²) in [5, 5.41) is 18.5. The molecule has 0 saturated carbocycles. The number of aromatic carboxylic acids is 2. The molecule has 1 saturated heterocycles. The van der Waals surface area contributed by atoms with Gasteiger partial charge >= 0.3 is 11.9 Å². The van der Waals surface area contributed by atoms with Gasteiger partial charge in [0.05, 0.1) is 12.1 Å². The fourth-order valence-electron chi connectivity index (χ4n) is 2.50. The SMILES string of the molecule is O=C(O)c1nc(C2CCOC2)n2c(C(=O)O)cccc12. The van der Waals surface area contributed by atoms with Crippen molar-refractivity contribution in [3.05, 3.63) is 35.4 Å². The second-order valence-corrected chi connectivity index (χ2v) is 4.62. The van der Waals surface area contributed by atoms with E-state index in [0.29, 0.717) is 31.0 Å². The molecule has 3 heterocycles. The van der Waals surface area contributed by atoms with Crippen LogP contribution < -0.4 is 0 Å². The molecule has 2 aromatic rings. The number of hydrogen-bond acceptors (Lipinski definition) is 4. The number of fused-ring (bicyclic) bond motifs is 1. The maximum Gasteiger partial charge on any atom is 0.356 e. The van der Waals surface area contributed by atoms with Crippen LogP contribution in [0.3, 0.4) is 0 Å². The van der Waals surface area contributed by atoms with Crippen LogP contribution in [0.1, 0.15) is 39.1 Å². The highest BCUT2D eigenvalue weighted by molar-refractivity contribution is 5.95. The van der Waals surface area contributed by atoms with Crippen LogP contribution >= 0.6 is 0 Å². The monoisotopic (exact) mass is 276 g/mol. The third kappa shape index (κ3) is 1.83. The van der Waals surface area contributed by atoms with E-state index < -0.39 is 11.9 Å². The van der Waals surface area contributed by atoms with E-state index in [9.17, 15) is 19.8 Å². The Morgan fingerprint density at radius 1 is 1.30 bits per heavy atom. The number of carboxylic acids is 2. The predicted octanol–water partition coefficient (Wildman–Crippen LogP) is 1.23. The van der Waals surface area contributed by atoms with Gasteiger partial charge in [-0.2, -0.15) is 0 Å². The summed E-state index contributed by atoms with van der Waals surface area (Å²) in [5.74, 6) is -1.94. The van der Waals surface area contributed by atoms with E-state index >= 15 is 0 Å². The average molecular weight is 276 g/mol. The molecule has 1 aliphatic heterocycles. The molecule has 0 aromatic carbocycles. The number of ether oxygens (including phenoxy) is 1. The average Bonchev–Trinajstić information content (AvgIpc) is 3.04.